The minimum atomic E-state index is -3.98. The van der Waals surface area contributed by atoms with Crippen molar-refractivity contribution in [2.24, 2.45) is 5.10 Å². The minimum absolute atomic E-state index is 0.00601. The van der Waals surface area contributed by atoms with Gasteiger partial charge in [-0.1, -0.05) is 48.0 Å². The molecule has 0 radical (unpaired) electrons. The second-order valence-electron chi connectivity index (χ2n) is 6.82. The highest BCUT2D eigenvalue weighted by molar-refractivity contribution is 7.89. The van der Waals surface area contributed by atoms with Crippen LogP contribution in [0.5, 0.6) is 5.75 Å². The molecule has 0 aliphatic rings. The van der Waals surface area contributed by atoms with Gasteiger partial charge in [-0.3, -0.25) is 4.79 Å². The first-order valence-electron chi connectivity index (χ1n) is 9.66. The van der Waals surface area contributed by atoms with Gasteiger partial charge in [0, 0.05) is 10.4 Å². The van der Waals surface area contributed by atoms with Gasteiger partial charge in [0.25, 0.3) is 15.9 Å². The maximum Gasteiger partial charge on any atom is 0.276 e. The van der Waals surface area contributed by atoms with Crippen LogP contribution in [0.1, 0.15) is 10.4 Å². The van der Waals surface area contributed by atoms with Gasteiger partial charge in [0.1, 0.15) is 16.9 Å². The van der Waals surface area contributed by atoms with Crippen molar-refractivity contribution in [1.82, 2.24) is 4.83 Å². The molecule has 8 nitrogen and oxygen atoms in total. The highest BCUT2D eigenvalue weighted by Gasteiger charge is 2.17. The Labute approximate surface area is 194 Å². The first kappa shape index (κ1) is 22.4. The number of benzene rings is 3. The Balaban J connectivity index is 1.78. The van der Waals surface area contributed by atoms with Crippen LogP contribution in [0.4, 0.5) is 5.69 Å². The van der Waals surface area contributed by atoms with Crippen LogP contribution in [0, 0.1) is 0 Å². The smallest absolute Gasteiger partial charge is 0.276 e. The Morgan fingerprint density at radius 2 is 1.73 bits per heavy atom. The number of sulfonamides is 1. The predicted molar refractivity (Wildman–Crippen MR) is 124 cm³/mol. The van der Waals surface area contributed by atoms with Crippen molar-refractivity contribution in [3.8, 4) is 5.75 Å². The molecular formula is C23H18ClN3O5S. The minimum Gasteiger partial charge on any atom is -0.495 e. The summed E-state index contributed by atoms with van der Waals surface area (Å²) in [5.74, 6) is -0.198. The monoisotopic (exact) mass is 483 g/mol. The van der Waals surface area contributed by atoms with Crippen LogP contribution in [0.2, 0.25) is 5.02 Å². The number of anilines is 1. The molecule has 10 heteroatoms. The lowest BCUT2D eigenvalue weighted by molar-refractivity contribution is 0.102. The van der Waals surface area contributed by atoms with Gasteiger partial charge in [-0.2, -0.15) is 13.2 Å². The molecule has 0 atom stereocenters. The number of carbonyl (C=O) groups is 1. The fourth-order valence-electron chi connectivity index (χ4n) is 3.04. The van der Waals surface area contributed by atoms with E-state index < -0.39 is 15.9 Å². The molecule has 0 fully saturated rings. The zero-order chi connectivity index (χ0) is 23.4. The van der Waals surface area contributed by atoms with Crippen LogP contribution in [0.25, 0.3) is 11.0 Å². The Bertz CT molecular complexity index is 1500. The molecule has 168 valence electrons. The molecule has 33 heavy (non-hydrogen) atoms. The molecule has 0 bridgehead atoms. The number of amides is 1. The molecule has 0 unspecified atom stereocenters. The number of methoxy groups -OCH3 is 1. The first-order chi connectivity index (χ1) is 15.9. The molecule has 2 N–H and O–H groups in total. The van der Waals surface area contributed by atoms with E-state index in [-0.39, 0.29) is 16.0 Å². The third-order valence-corrected chi connectivity index (χ3v) is 6.09. The van der Waals surface area contributed by atoms with E-state index in [1.165, 1.54) is 25.3 Å². The normalized spacial score (nSPS) is 11.9. The number of fused-ring (bicyclic) bond motifs is 1. The molecule has 1 heterocycles. The number of nitrogens with zero attached hydrogens (tertiary/aromatic N) is 1. The maximum absolute atomic E-state index is 13.1. The van der Waals surface area contributed by atoms with Crippen molar-refractivity contribution in [2.45, 2.75) is 4.90 Å². The van der Waals surface area contributed by atoms with E-state index in [2.05, 4.69) is 15.2 Å². The van der Waals surface area contributed by atoms with Crippen molar-refractivity contribution in [2.75, 3.05) is 12.4 Å². The first-order valence-corrected chi connectivity index (χ1v) is 11.5. The summed E-state index contributed by atoms with van der Waals surface area (Å²) < 4.78 is 36.2. The summed E-state index contributed by atoms with van der Waals surface area (Å²) in [7, 11) is -2.51. The SMILES string of the molecule is COc1ccc(Cl)cc1NC(=O)c1cc2ccccc2o/c1=N/NS(=O)(=O)c1ccccc1. The van der Waals surface area contributed by atoms with Gasteiger partial charge in [0.2, 0.25) is 5.55 Å². The van der Waals surface area contributed by atoms with E-state index in [0.29, 0.717) is 27.4 Å². The van der Waals surface area contributed by atoms with E-state index in [4.69, 9.17) is 20.8 Å². The van der Waals surface area contributed by atoms with Crippen molar-refractivity contribution >= 4 is 44.2 Å². The highest BCUT2D eigenvalue weighted by atomic mass is 35.5. The van der Waals surface area contributed by atoms with E-state index in [1.54, 1.807) is 60.7 Å². The Morgan fingerprint density at radius 3 is 2.48 bits per heavy atom. The molecule has 1 aromatic heterocycles. The summed E-state index contributed by atoms with van der Waals surface area (Å²) in [5, 5.41) is 7.64. The van der Waals surface area contributed by atoms with Crippen LogP contribution in [0.15, 0.2) is 93.3 Å². The lowest BCUT2D eigenvalue weighted by atomic mass is 10.1. The molecule has 0 saturated heterocycles. The molecule has 0 aliphatic carbocycles. The van der Waals surface area contributed by atoms with Crippen LogP contribution in [-0.2, 0) is 10.0 Å². The molecule has 3 aromatic carbocycles. The summed E-state index contributed by atoms with van der Waals surface area (Å²) in [4.78, 5) is 15.3. The third-order valence-electron chi connectivity index (χ3n) is 4.63. The average molecular weight is 484 g/mol. The molecular weight excluding hydrogens is 466 g/mol. The average Bonchev–Trinajstić information content (AvgIpc) is 2.83. The number of ether oxygens (including phenoxy) is 1. The second kappa shape index (κ2) is 9.35. The lowest BCUT2D eigenvalue weighted by Crippen LogP contribution is -2.27. The number of halogens is 1. The Kier molecular flexibility index (Phi) is 6.34. The number of hydrogen-bond donors (Lipinski definition) is 2. The van der Waals surface area contributed by atoms with Gasteiger partial charge in [0.05, 0.1) is 17.7 Å². The summed E-state index contributed by atoms with van der Waals surface area (Å²) >= 11 is 6.05. The standard InChI is InChI=1S/C23H18ClN3O5S/c1-31-21-12-11-16(24)14-19(21)25-22(28)18-13-15-7-5-6-10-20(15)32-23(18)26-27-33(29,30)17-8-3-2-4-9-17/h2-14,27H,1H3,(H,25,28)/b26-23+. The highest BCUT2D eigenvalue weighted by Crippen LogP contribution is 2.28. The Hall–Kier alpha value is -3.82. The van der Waals surface area contributed by atoms with Gasteiger partial charge in [-0.25, -0.2) is 0 Å². The van der Waals surface area contributed by atoms with Gasteiger partial charge < -0.3 is 14.5 Å². The van der Waals surface area contributed by atoms with Gasteiger partial charge >= 0.3 is 0 Å². The number of carbonyl (C=O) groups excluding carboxylic acids is 1. The van der Waals surface area contributed by atoms with Gasteiger partial charge in [0.15, 0.2) is 0 Å². The molecule has 0 saturated carbocycles. The maximum atomic E-state index is 13.1. The van der Waals surface area contributed by atoms with Crippen LogP contribution in [0.3, 0.4) is 0 Å². The van der Waals surface area contributed by atoms with Crippen molar-refractivity contribution in [1.29, 1.82) is 0 Å². The zero-order valence-electron chi connectivity index (χ0n) is 17.3. The summed E-state index contributed by atoms with van der Waals surface area (Å²) in [6.07, 6.45) is 0. The van der Waals surface area contributed by atoms with E-state index >= 15 is 0 Å². The number of para-hydroxylation sites is 1. The third kappa shape index (κ3) is 5.00. The summed E-state index contributed by atoms with van der Waals surface area (Å²) in [5.41, 5.74) is 0.546. The summed E-state index contributed by atoms with van der Waals surface area (Å²) in [6.45, 7) is 0. The van der Waals surface area contributed by atoms with Crippen molar-refractivity contribution < 1.29 is 22.4 Å². The molecule has 0 spiro atoms. The predicted octanol–water partition coefficient (Wildman–Crippen LogP) is 4.14. The van der Waals surface area contributed by atoms with Crippen LogP contribution < -0.4 is 20.4 Å². The lowest BCUT2D eigenvalue weighted by Gasteiger charge is -2.11. The zero-order valence-corrected chi connectivity index (χ0v) is 18.9. The van der Waals surface area contributed by atoms with E-state index in [0.717, 1.165) is 0 Å². The van der Waals surface area contributed by atoms with Crippen molar-refractivity contribution in [3.05, 3.63) is 95.0 Å². The number of rotatable bonds is 6. The van der Waals surface area contributed by atoms with E-state index in [1.807, 2.05) is 0 Å². The number of nitrogens with one attached hydrogen (secondary N) is 2. The van der Waals surface area contributed by atoms with Gasteiger partial charge in [-0.05, 0) is 42.5 Å². The molecule has 1 amide bonds. The fourth-order valence-corrected chi connectivity index (χ4v) is 4.03. The number of hydrogen-bond acceptors (Lipinski definition) is 6. The summed E-state index contributed by atoms with van der Waals surface area (Å²) in [6, 6.07) is 21.0. The fraction of sp³-hybridized carbons (Fsp3) is 0.0435. The molecule has 0 aliphatic heterocycles. The van der Waals surface area contributed by atoms with Crippen molar-refractivity contribution in [3.63, 3.8) is 0 Å². The van der Waals surface area contributed by atoms with E-state index in [9.17, 15) is 13.2 Å². The quantitative estimate of drug-likeness (QED) is 0.400. The van der Waals surface area contributed by atoms with Crippen LogP contribution >= 0.6 is 11.6 Å². The largest absolute Gasteiger partial charge is 0.495 e. The topological polar surface area (TPSA) is 110 Å². The molecule has 4 rings (SSSR count). The van der Waals surface area contributed by atoms with Gasteiger partial charge in [-0.15, -0.1) is 5.10 Å². The Morgan fingerprint density at radius 1 is 1.00 bits per heavy atom. The second-order valence-corrected chi connectivity index (χ2v) is 8.92. The van der Waals surface area contributed by atoms with Crippen LogP contribution in [-0.4, -0.2) is 21.4 Å². The molecule has 4 aromatic rings.